The zero-order valence-corrected chi connectivity index (χ0v) is 19.2. The van der Waals surface area contributed by atoms with Gasteiger partial charge in [0, 0.05) is 26.1 Å². The number of amides is 1. The number of carbonyl (C=O) groups excluding carboxylic acids is 3. The summed E-state index contributed by atoms with van der Waals surface area (Å²) >= 11 is 6.31. The van der Waals surface area contributed by atoms with Crippen LogP contribution in [0.2, 0.25) is 5.02 Å². The number of carbonyl (C=O) groups is 3. The quantitative estimate of drug-likeness (QED) is 0.205. The van der Waals surface area contributed by atoms with Crippen LogP contribution in [0.25, 0.3) is 5.76 Å². The van der Waals surface area contributed by atoms with Gasteiger partial charge in [-0.1, -0.05) is 23.7 Å². The van der Waals surface area contributed by atoms with Crippen molar-refractivity contribution in [1.29, 1.82) is 0 Å². The predicted molar refractivity (Wildman–Crippen MR) is 121 cm³/mol. The Bertz CT molecular complexity index is 1090. The highest BCUT2D eigenvalue weighted by molar-refractivity contribution is 6.47. The Kier molecular flexibility index (Phi) is 7.73. The lowest BCUT2D eigenvalue weighted by Gasteiger charge is -2.25. The first-order chi connectivity index (χ1) is 15.8. The highest BCUT2D eigenvalue weighted by Crippen LogP contribution is 2.41. The van der Waals surface area contributed by atoms with Gasteiger partial charge in [-0.2, -0.15) is 0 Å². The van der Waals surface area contributed by atoms with Gasteiger partial charge in [0.15, 0.2) is 0 Å². The summed E-state index contributed by atoms with van der Waals surface area (Å²) in [5, 5.41) is 11.4. The molecule has 1 saturated heterocycles. The van der Waals surface area contributed by atoms with Crippen LogP contribution in [0.3, 0.4) is 0 Å². The van der Waals surface area contributed by atoms with E-state index in [2.05, 4.69) is 0 Å². The van der Waals surface area contributed by atoms with Gasteiger partial charge >= 0.3 is 5.97 Å². The van der Waals surface area contributed by atoms with Gasteiger partial charge < -0.3 is 24.2 Å². The van der Waals surface area contributed by atoms with E-state index in [4.69, 9.17) is 25.8 Å². The second kappa shape index (κ2) is 10.5. The Morgan fingerprint density at radius 1 is 1.12 bits per heavy atom. The summed E-state index contributed by atoms with van der Waals surface area (Å²) in [6.07, 6.45) is 0. The molecule has 9 heteroatoms. The van der Waals surface area contributed by atoms with Crippen LogP contribution in [0.4, 0.5) is 0 Å². The molecule has 1 N–H and O–H groups in total. The Balaban J connectivity index is 2.14. The predicted octanol–water partition coefficient (Wildman–Crippen LogP) is 3.73. The highest BCUT2D eigenvalue weighted by Gasteiger charge is 2.46. The third-order valence-corrected chi connectivity index (χ3v) is 5.37. The van der Waals surface area contributed by atoms with Gasteiger partial charge in [0.1, 0.15) is 17.3 Å². The molecule has 1 fully saturated rings. The van der Waals surface area contributed by atoms with Crippen molar-refractivity contribution in [2.75, 3.05) is 26.9 Å². The summed E-state index contributed by atoms with van der Waals surface area (Å²) in [5.74, 6) is -1.71. The minimum absolute atomic E-state index is 0.105. The van der Waals surface area contributed by atoms with E-state index in [9.17, 15) is 19.5 Å². The van der Waals surface area contributed by atoms with Crippen LogP contribution >= 0.6 is 11.6 Å². The van der Waals surface area contributed by atoms with Gasteiger partial charge in [0.05, 0.1) is 29.9 Å². The molecule has 0 spiro atoms. The molecule has 1 unspecified atom stereocenters. The largest absolute Gasteiger partial charge is 0.507 e. The van der Waals surface area contributed by atoms with Crippen molar-refractivity contribution < 1.29 is 33.7 Å². The molecular formula is C24H24ClNO7. The van der Waals surface area contributed by atoms with Gasteiger partial charge in [-0.25, -0.2) is 0 Å². The summed E-state index contributed by atoms with van der Waals surface area (Å²) in [6.45, 7) is 3.82. The average Bonchev–Trinajstić information content (AvgIpc) is 3.03. The topological polar surface area (TPSA) is 102 Å². The number of esters is 1. The zero-order chi connectivity index (χ0) is 24.1. The fourth-order valence-corrected chi connectivity index (χ4v) is 3.83. The summed E-state index contributed by atoms with van der Waals surface area (Å²) in [6, 6.07) is 10.2. The summed E-state index contributed by atoms with van der Waals surface area (Å²) in [4.78, 5) is 38.4. The average molecular weight is 474 g/mol. The Hall–Kier alpha value is -3.36. The first-order valence-corrected chi connectivity index (χ1v) is 10.6. The van der Waals surface area contributed by atoms with Gasteiger partial charge in [0.25, 0.3) is 11.7 Å². The molecule has 33 heavy (non-hydrogen) atoms. The molecule has 3 rings (SSSR count). The molecule has 1 atom stereocenters. The van der Waals surface area contributed by atoms with E-state index >= 15 is 0 Å². The van der Waals surface area contributed by atoms with E-state index in [1.165, 1.54) is 25.0 Å². The molecule has 0 bridgehead atoms. The molecule has 1 aliphatic rings. The number of aliphatic hydroxyl groups excluding tert-OH is 1. The van der Waals surface area contributed by atoms with Crippen LogP contribution in [0.1, 0.15) is 31.0 Å². The Labute approximate surface area is 196 Å². The van der Waals surface area contributed by atoms with Crippen LogP contribution in [0, 0.1) is 0 Å². The maximum Gasteiger partial charge on any atom is 0.308 e. The molecule has 0 saturated carbocycles. The number of nitrogens with zero attached hydrogens (tertiary/aromatic N) is 1. The minimum atomic E-state index is -0.890. The third-order valence-electron chi connectivity index (χ3n) is 5.04. The zero-order valence-electron chi connectivity index (χ0n) is 18.5. The lowest BCUT2D eigenvalue weighted by atomic mass is 9.95. The van der Waals surface area contributed by atoms with Gasteiger partial charge in [0.2, 0.25) is 0 Å². The number of hydrogen-bond donors (Lipinski definition) is 1. The number of benzene rings is 2. The van der Waals surface area contributed by atoms with Gasteiger partial charge in [-0.3, -0.25) is 14.4 Å². The number of rotatable bonds is 8. The number of hydrogen-bond acceptors (Lipinski definition) is 7. The number of likely N-dealkylation sites (tertiary alicyclic amines) is 1. The summed E-state index contributed by atoms with van der Waals surface area (Å²) in [5.41, 5.74) is 0.612. The fraction of sp³-hybridized carbons (Fsp3) is 0.292. The van der Waals surface area contributed by atoms with Crippen molar-refractivity contribution in [3.05, 3.63) is 64.2 Å². The fourth-order valence-electron chi connectivity index (χ4n) is 3.62. The first kappa shape index (κ1) is 24.3. The number of aliphatic hydroxyl groups is 1. The number of halogens is 1. The van der Waals surface area contributed by atoms with Crippen molar-refractivity contribution in [3.63, 3.8) is 0 Å². The van der Waals surface area contributed by atoms with Crippen molar-refractivity contribution in [2.24, 2.45) is 0 Å². The van der Waals surface area contributed by atoms with E-state index in [-0.39, 0.29) is 29.3 Å². The first-order valence-electron chi connectivity index (χ1n) is 10.3. The summed E-state index contributed by atoms with van der Waals surface area (Å²) < 4.78 is 15.6. The van der Waals surface area contributed by atoms with E-state index in [0.29, 0.717) is 23.7 Å². The standard InChI is InChI=1S/C24H24ClNO7/c1-4-32-17-9-10-19(25)18(13-17)22(28)20-21(26(11-12-31-3)24(30)23(20)29)15-5-7-16(8-6-15)33-14(2)27/h5-10,13,21,28H,4,11-12H2,1-3H3/b22-20+. The van der Waals surface area contributed by atoms with E-state index in [1.54, 1.807) is 36.4 Å². The lowest BCUT2D eigenvalue weighted by molar-refractivity contribution is -0.140. The lowest BCUT2D eigenvalue weighted by Crippen LogP contribution is -2.32. The van der Waals surface area contributed by atoms with Crippen molar-refractivity contribution in [1.82, 2.24) is 4.90 Å². The van der Waals surface area contributed by atoms with Crippen molar-refractivity contribution in [3.8, 4) is 11.5 Å². The number of Topliss-reactive ketones (excluding diaryl/α,β-unsaturated/α-hetero) is 1. The van der Waals surface area contributed by atoms with Crippen LogP contribution < -0.4 is 9.47 Å². The molecule has 1 amide bonds. The number of ketones is 1. The molecule has 1 heterocycles. The van der Waals surface area contributed by atoms with Gasteiger partial charge in [-0.15, -0.1) is 0 Å². The van der Waals surface area contributed by atoms with E-state index < -0.39 is 29.5 Å². The normalized spacial score (nSPS) is 17.3. The molecule has 2 aromatic rings. The molecular weight excluding hydrogens is 450 g/mol. The smallest absolute Gasteiger partial charge is 0.308 e. The van der Waals surface area contributed by atoms with Crippen LogP contribution in [-0.2, 0) is 19.1 Å². The molecule has 1 aliphatic heterocycles. The minimum Gasteiger partial charge on any atom is -0.507 e. The molecule has 0 aromatic heterocycles. The van der Waals surface area contributed by atoms with Crippen LogP contribution in [-0.4, -0.2) is 54.5 Å². The van der Waals surface area contributed by atoms with Crippen molar-refractivity contribution in [2.45, 2.75) is 19.9 Å². The van der Waals surface area contributed by atoms with Crippen LogP contribution in [0.15, 0.2) is 48.0 Å². The number of ether oxygens (including phenoxy) is 3. The third kappa shape index (κ3) is 5.18. The van der Waals surface area contributed by atoms with E-state index in [1.807, 2.05) is 6.92 Å². The van der Waals surface area contributed by atoms with Crippen LogP contribution in [0.5, 0.6) is 11.5 Å². The summed E-state index contributed by atoms with van der Waals surface area (Å²) in [7, 11) is 1.48. The molecule has 0 aliphatic carbocycles. The SMILES string of the molecule is CCOc1ccc(Cl)c(/C(O)=C2\C(=O)C(=O)N(CCOC)C2c2ccc(OC(C)=O)cc2)c1. The molecule has 174 valence electrons. The molecule has 2 aromatic carbocycles. The van der Waals surface area contributed by atoms with E-state index in [0.717, 1.165) is 0 Å². The maximum absolute atomic E-state index is 13.0. The monoisotopic (exact) mass is 473 g/mol. The highest BCUT2D eigenvalue weighted by atomic mass is 35.5. The second-order valence-corrected chi connectivity index (χ2v) is 7.63. The van der Waals surface area contributed by atoms with Gasteiger partial charge in [-0.05, 0) is 42.8 Å². The Morgan fingerprint density at radius 3 is 2.39 bits per heavy atom. The molecule has 0 radical (unpaired) electrons. The number of methoxy groups -OCH3 is 1. The Morgan fingerprint density at radius 2 is 1.79 bits per heavy atom. The van der Waals surface area contributed by atoms with Crippen molar-refractivity contribution >= 4 is 35.0 Å². The second-order valence-electron chi connectivity index (χ2n) is 7.22. The maximum atomic E-state index is 13.0. The molecule has 8 nitrogen and oxygen atoms in total.